The molecule has 0 aliphatic carbocycles. The topological polar surface area (TPSA) is 107 Å². The van der Waals surface area contributed by atoms with Crippen LogP contribution in [-0.4, -0.2) is 29.9 Å². The molecule has 0 atom stereocenters. The number of sulfone groups is 1. The standard InChI is InChI=1S/C6H7NO5S/c1-13(11,12)5-3(8)2-4(9)7-6(5)10/h2H,1H3,(H3,7,8,9,10). The normalized spacial score (nSPS) is 11.5. The Hall–Kier alpha value is -1.50. The van der Waals surface area contributed by atoms with E-state index in [0.29, 0.717) is 6.07 Å². The number of nitrogens with one attached hydrogen (secondary N) is 1. The van der Waals surface area contributed by atoms with Crippen LogP contribution in [0.15, 0.2) is 15.8 Å². The van der Waals surface area contributed by atoms with E-state index in [2.05, 4.69) is 0 Å². The maximum atomic E-state index is 10.9. The summed E-state index contributed by atoms with van der Waals surface area (Å²) in [6, 6.07) is 0.677. The maximum absolute atomic E-state index is 10.9. The van der Waals surface area contributed by atoms with Crippen LogP contribution in [0.1, 0.15) is 0 Å². The molecule has 0 aromatic carbocycles. The second kappa shape index (κ2) is 2.77. The van der Waals surface area contributed by atoms with E-state index in [-0.39, 0.29) is 0 Å². The first kappa shape index (κ1) is 9.59. The first-order valence-electron chi connectivity index (χ1n) is 3.17. The summed E-state index contributed by atoms with van der Waals surface area (Å²) in [4.78, 5) is 11.8. The number of hydrogen-bond donors (Lipinski definition) is 3. The first-order valence-corrected chi connectivity index (χ1v) is 5.07. The van der Waals surface area contributed by atoms with Crippen molar-refractivity contribution in [1.82, 2.24) is 4.98 Å². The Kier molecular flexibility index (Phi) is 2.04. The molecule has 0 aliphatic rings. The Bertz CT molecular complexity index is 460. The second-order valence-electron chi connectivity index (χ2n) is 2.47. The summed E-state index contributed by atoms with van der Waals surface area (Å²) in [6.07, 6.45) is 0.806. The lowest BCUT2D eigenvalue weighted by atomic mass is 10.4. The molecule has 13 heavy (non-hydrogen) atoms. The average Bonchev–Trinajstić information content (AvgIpc) is 1.78. The fourth-order valence-electron chi connectivity index (χ4n) is 0.886. The number of rotatable bonds is 1. The highest BCUT2D eigenvalue weighted by atomic mass is 32.2. The molecule has 3 N–H and O–H groups in total. The van der Waals surface area contributed by atoms with Crippen LogP contribution in [0, 0.1) is 0 Å². The molecule has 0 amide bonds. The highest BCUT2D eigenvalue weighted by molar-refractivity contribution is 7.90. The van der Waals surface area contributed by atoms with Crippen molar-refractivity contribution in [1.29, 1.82) is 0 Å². The van der Waals surface area contributed by atoms with Crippen molar-refractivity contribution in [2.45, 2.75) is 4.90 Å². The summed E-state index contributed by atoms with van der Waals surface area (Å²) in [7, 11) is -3.75. The summed E-state index contributed by atoms with van der Waals surface area (Å²) in [5.74, 6) is -1.61. The molecular weight excluding hydrogens is 198 g/mol. The van der Waals surface area contributed by atoms with Gasteiger partial charge >= 0.3 is 0 Å². The molecule has 0 unspecified atom stereocenters. The van der Waals surface area contributed by atoms with E-state index < -0.39 is 31.9 Å². The van der Waals surface area contributed by atoms with Gasteiger partial charge in [0.1, 0.15) is 5.75 Å². The SMILES string of the molecule is CS(=O)(=O)c1c(O)cc(=O)[nH]c1O. The van der Waals surface area contributed by atoms with E-state index in [1.807, 2.05) is 4.98 Å². The van der Waals surface area contributed by atoms with E-state index in [0.717, 1.165) is 6.26 Å². The van der Waals surface area contributed by atoms with E-state index >= 15 is 0 Å². The summed E-state index contributed by atoms with van der Waals surface area (Å²) in [5, 5.41) is 18.1. The van der Waals surface area contributed by atoms with Gasteiger partial charge in [0.15, 0.2) is 14.7 Å². The van der Waals surface area contributed by atoms with Gasteiger partial charge in [0.2, 0.25) is 5.88 Å². The minimum atomic E-state index is -3.75. The maximum Gasteiger partial charge on any atom is 0.254 e. The van der Waals surface area contributed by atoms with Gasteiger partial charge < -0.3 is 10.2 Å². The zero-order valence-electron chi connectivity index (χ0n) is 6.60. The summed E-state index contributed by atoms with van der Waals surface area (Å²) >= 11 is 0. The molecule has 0 saturated carbocycles. The van der Waals surface area contributed by atoms with E-state index in [1.165, 1.54) is 0 Å². The zero-order chi connectivity index (χ0) is 10.2. The highest BCUT2D eigenvalue weighted by Crippen LogP contribution is 2.26. The monoisotopic (exact) mass is 205 g/mol. The van der Waals surface area contributed by atoms with Gasteiger partial charge in [0, 0.05) is 12.3 Å². The van der Waals surface area contributed by atoms with Crippen LogP contribution < -0.4 is 5.56 Å². The van der Waals surface area contributed by atoms with Crippen LogP contribution in [0.5, 0.6) is 11.6 Å². The van der Waals surface area contributed by atoms with Gasteiger partial charge in [-0.3, -0.25) is 9.78 Å². The summed E-state index contributed by atoms with van der Waals surface area (Å²) < 4.78 is 21.9. The van der Waals surface area contributed by atoms with Crippen LogP contribution in [-0.2, 0) is 9.84 Å². The molecule has 1 rings (SSSR count). The molecule has 1 heterocycles. The number of aromatic hydroxyl groups is 2. The van der Waals surface area contributed by atoms with Gasteiger partial charge in [0.05, 0.1) is 0 Å². The fraction of sp³-hybridized carbons (Fsp3) is 0.167. The van der Waals surface area contributed by atoms with Crippen molar-refractivity contribution < 1.29 is 18.6 Å². The third-order valence-electron chi connectivity index (χ3n) is 1.33. The second-order valence-corrected chi connectivity index (χ2v) is 4.42. The lowest BCUT2D eigenvalue weighted by Crippen LogP contribution is -2.08. The van der Waals surface area contributed by atoms with E-state index in [9.17, 15) is 13.2 Å². The van der Waals surface area contributed by atoms with Crippen LogP contribution in [0.2, 0.25) is 0 Å². The van der Waals surface area contributed by atoms with E-state index in [4.69, 9.17) is 10.2 Å². The average molecular weight is 205 g/mol. The Labute approximate surface area is 73.4 Å². The lowest BCUT2D eigenvalue weighted by molar-refractivity contribution is 0.406. The Morgan fingerprint density at radius 3 is 2.31 bits per heavy atom. The minimum Gasteiger partial charge on any atom is -0.506 e. The zero-order valence-corrected chi connectivity index (χ0v) is 7.42. The summed E-state index contributed by atoms with van der Waals surface area (Å²) in [5.41, 5.74) is -0.776. The predicted molar refractivity (Wildman–Crippen MR) is 43.5 cm³/mol. The number of hydrogen-bond acceptors (Lipinski definition) is 5. The third-order valence-corrected chi connectivity index (χ3v) is 2.47. The number of H-pyrrole nitrogens is 1. The smallest absolute Gasteiger partial charge is 0.254 e. The van der Waals surface area contributed by atoms with Gasteiger partial charge in [0.25, 0.3) is 5.56 Å². The van der Waals surface area contributed by atoms with E-state index in [1.54, 1.807) is 0 Å². The molecule has 7 heteroatoms. The number of pyridine rings is 1. The van der Waals surface area contributed by atoms with Crippen molar-refractivity contribution in [2.24, 2.45) is 0 Å². The van der Waals surface area contributed by atoms with Gasteiger partial charge in [-0.15, -0.1) is 0 Å². The molecule has 0 spiro atoms. The van der Waals surface area contributed by atoms with Gasteiger partial charge in [-0.05, 0) is 0 Å². The van der Waals surface area contributed by atoms with Crippen LogP contribution >= 0.6 is 0 Å². The van der Waals surface area contributed by atoms with Crippen LogP contribution in [0.3, 0.4) is 0 Å². The third kappa shape index (κ3) is 1.81. The van der Waals surface area contributed by atoms with Crippen LogP contribution in [0.4, 0.5) is 0 Å². The van der Waals surface area contributed by atoms with Crippen molar-refractivity contribution in [3.63, 3.8) is 0 Å². The molecule has 72 valence electrons. The number of aromatic amines is 1. The molecule has 0 fully saturated rings. The molecule has 0 radical (unpaired) electrons. The molecule has 6 nitrogen and oxygen atoms in total. The van der Waals surface area contributed by atoms with Gasteiger partial charge in [-0.1, -0.05) is 0 Å². The summed E-state index contributed by atoms with van der Waals surface area (Å²) in [6.45, 7) is 0. The quantitative estimate of drug-likeness (QED) is 0.555. The fourth-order valence-corrected chi connectivity index (χ4v) is 1.73. The Morgan fingerprint density at radius 2 is 1.92 bits per heavy atom. The highest BCUT2D eigenvalue weighted by Gasteiger charge is 2.19. The molecule has 0 bridgehead atoms. The minimum absolute atomic E-state index is 0.674. The number of aromatic nitrogens is 1. The molecule has 1 aromatic rings. The van der Waals surface area contributed by atoms with Crippen molar-refractivity contribution in [3.05, 3.63) is 16.4 Å². The molecule has 0 saturated heterocycles. The molecular formula is C6H7NO5S. The predicted octanol–water partition coefficient (Wildman–Crippen LogP) is -0.810. The largest absolute Gasteiger partial charge is 0.506 e. The molecule has 1 aromatic heterocycles. The van der Waals surface area contributed by atoms with Crippen molar-refractivity contribution in [3.8, 4) is 11.6 Å². The Balaban J connectivity index is 3.66. The van der Waals surface area contributed by atoms with Crippen LogP contribution in [0.25, 0.3) is 0 Å². The Morgan fingerprint density at radius 1 is 1.38 bits per heavy atom. The van der Waals surface area contributed by atoms with Crippen molar-refractivity contribution in [2.75, 3.05) is 6.26 Å². The van der Waals surface area contributed by atoms with Gasteiger partial charge in [-0.2, -0.15) is 0 Å². The molecule has 0 aliphatic heterocycles. The van der Waals surface area contributed by atoms with Gasteiger partial charge in [-0.25, -0.2) is 8.42 Å². The first-order chi connectivity index (χ1) is 5.82. The lowest BCUT2D eigenvalue weighted by Gasteiger charge is -2.02. The van der Waals surface area contributed by atoms with Crippen molar-refractivity contribution >= 4 is 9.84 Å².